The lowest BCUT2D eigenvalue weighted by Gasteiger charge is -2.13. The van der Waals surface area contributed by atoms with Crippen molar-refractivity contribution in [2.45, 2.75) is 64.5 Å². The van der Waals surface area contributed by atoms with Crippen LogP contribution in [0.25, 0.3) is 22.1 Å². The van der Waals surface area contributed by atoms with Gasteiger partial charge in [-0.05, 0) is 37.8 Å². The first-order valence-corrected chi connectivity index (χ1v) is 10.9. The number of nitrogens with zero attached hydrogens (tertiary/aromatic N) is 4. The van der Waals surface area contributed by atoms with Crippen molar-refractivity contribution >= 4 is 22.1 Å². The van der Waals surface area contributed by atoms with Gasteiger partial charge in [0.15, 0.2) is 0 Å². The van der Waals surface area contributed by atoms with Crippen LogP contribution in [0.3, 0.4) is 0 Å². The lowest BCUT2D eigenvalue weighted by Crippen LogP contribution is -2.10. The number of imidazole rings is 2. The number of aryl methyl sites for hydroxylation is 2. The minimum Gasteiger partial charge on any atom is -0.381 e. The number of rotatable bonds is 6. The minimum atomic E-state index is 0.412. The number of aromatic nitrogens is 4. The van der Waals surface area contributed by atoms with Crippen LogP contribution in [-0.4, -0.2) is 45.5 Å². The van der Waals surface area contributed by atoms with Crippen LogP contribution in [0.4, 0.5) is 0 Å². The number of hydrogen-bond donors (Lipinski definition) is 0. The summed E-state index contributed by atoms with van der Waals surface area (Å²) in [6.07, 6.45) is 4.34. The van der Waals surface area contributed by atoms with Crippen LogP contribution in [0.15, 0.2) is 12.1 Å². The summed E-state index contributed by atoms with van der Waals surface area (Å²) in [6.45, 7) is 9.74. The van der Waals surface area contributed by atoms with Gasteiger partial charge < -0.3 is 18.6 Å². The Kier molecular flexibility index (Phi) is 4.85. The van der Waals surface area contributed by atoms with Crippen LogP contribution >= 0.6 is 0 Å². The molecule has 0 radical (unpaired) electrons. The molecule has 0 spiro atoms. The van der Waals surface area contributed by atoms with Gasteiger partial charge in [0.2, 0.25) is 0 Å². The first-order chi connectivity index (χ1) is 13.8. The fourth-order valence-electron chi connectivity index (χ4n) is 4.80. The average Bonchev–Trinajstić information content (AvgIpc) is 3.48. The molecule has 2 aromatic heterocycles. The highest BCUT2D eigenvalue weighted by Crippen LogP contribution is 2.33. The molecule has 28 heavy (non-hydrogen) atoms. The van der Waals surface area contributed by atoms with E-state index in [-0.39, 0.29) is 0 Å². The highest BCUT2D eigenvalue weighted by Gasteiger charge is 2.27. The zero-order valence-corrected chi connectivity index (χ0v) is 17.0. The second-order valence-electron chi connectivity index (χ2n) is 8.19. The molecule has 6 nitrogen and oxygen atoms in total. The van der Waals surface area contributed by atoms with Crippen LogP contribution in [0, 0.1) is 0 Å². The van der Waals surface area contributed by atoms with Gasteiger partial charge in [-0.15, -0.1) is 0 Å². The molecule has 3 aromatic rings. The lowest BCUT2D eigenvalue weighted by molar-refractivity contribution is 0.192. The largest absolute Gasteiger partial charge is 0.381 e. The van der Waals surface area contributed by atoms with Gasteiger partial charge in [-0.3, -0.25) is 0 Å². The summed E-state index contributed by atoms with van der Waals surface area (Å²) in [4.78, 5) is 10.1. The Bertz CT molecular complexity index is 902. The Morgan fingerprint density at radius 2 is 1.32 bits per heavy atom. The first kappa shape index (κ1) is 18.1. The Balaban J connectivity index is 1.68. The number of fused-ring (bicyclic) bond motifs is 2. The summed E-state index contributed by atoms with van der Waals surface area (Å²) >= 11 is 0. The van der Waals surface area contributed by atoms with Crippen molar-refractivity contribution in [3.8, 4) is 0 Å². The Morgan fingerprint density at radius 3 is 1.71 bits per heavy atom. The third kappa shape index (κ3) is 2.94. The van der Waals surface area contributed by atoms with Gasteiger partial charge >= 0.3 is 0 Å². The van der Waals surface area contributed by atoms with Crippen LogP contribution in [0.1, 0.15) is 63.0 Å². The maximum atomic E-state index is 5.65. The normalized spacial score (nSPS) is 22.8. The van der Waals surface area contributed by atoms with Gasteiger partial charge in [-0.1, -0.05) is 13.8 Å². The SMILES string of the molecule is CCCn1c(C2CCOC2)nc2cc3nc(C4CCOC4)n(CCC)c3cc21. The summed E-state index contributed by atoms with van der Waals surface area (Å²) < 4.78 is 16.1. The van der Waals surface area contributed by atoms with Crippen LogP contribution < -0.4 is 0 Å². The molecule has 0 amide bonds. The van der Waals surface area contributed by atoms with Crippen molar-refractivity contribution in [3.05, 3.63) is 23.8 Å². The summed E-state index contributed by atoms with van der Waals surface area (Å²) in [7, 11) is 0. The minimum absolute atomic E-state index is 0.412. The van der Waals surface area contributed by atoms with Gasteiger partial charge in [0, 0.05) is 38.1 Å². The topological polar surface area (TPSA) is 54.1 Å². The fraction of sp³-hybridized carbons (Fsp3) is 0.636. The molecule has 2 fully saturated rings. The molecule has 6 heteroatoms. The van der Waals surface area contributed by atoms with E-state index in [1.54, 1.807) is 0 Å². The monoisotopic (exact) mass is 382 g/mol. The van der Waals surface area contributed by atoms with E-state index < -0.39 is 0 Å². The molecule has 0 aliphatic carbocycles. The van der Waals surface area contributed by atoms with Gasteiger partial charge in [-0.2, -0.15) is 0 Å². The van der Waals surface area contributed by atoms with E-state index in [4.69, 9.17) is 19.4 Å². The van der Waals surface area contributed by atoms with Crippen molar-refractivity contribution in [1.82, 2.24) is 19.1 Å². The van der Waals surface area contributed by atoms with E-state index in [0.29, 0.717) is 11.8 Å². The van der Waals surface area contributed by atoms with Crippen molar-refractivity contribution in [1.29, 1.82) is 0 Å². The summed E-state index contributed by atoms with van der Waals surface area (Å²) in [5, 5.41) is 0. The predicted molar refractivity (Wildman–Crippen MR) is 110 cm³/mol. The molecule has 2 aliphatic rings. The quantitative estimate of drug-likeness (QED) is 0.641. The van der Waals surface area contributed by atoms with Crippen molar-refractivity contribution in [2.24, 2.45) is 0 Å². The standard InChI is InChI=1S/C22H30N4O2/c1-3-7-25-19-12-20-18(11-17(19)23-21(25)15-5-9-27-13-15)24-22(26(20)8-4-2)16-6-10-28-14-16/h11-12,15-16H,3-10,13-14H2,1-2H3. The zero-order valence-electron chi connectivity index (χ0n) is 17.0. The van der Waals surface area contributed by atoms with E-state index in [2.05, 4.69) is 35.1 Å². The molecule has 5 rings (SSSR count). The Hall–Kier alpha value is -1.92. The molecule has 2 aliphatic heterocycles. The van der Waals surface area contributed by atoms with Crippen LogP contribution in [-0.2, 0) is 22.6 Å². The highest BCUT2D eigenvalue weighted by molar-refractivity contribution is 5.92. The second kappa shape index (κ2) is 7.48. The van der Waals surface area contributed by atoms with Crippen molar-refractivity contribution in [2.75, 3.05) is 26.4 Å². The molecule has 0 saturated carbocycles. The third-order valence-corrected chi connectivity index (χ3v) is 6.16. The predicted octanol–water partition coefficient (Wildman–Crippen LogP) is 4.21. The number of ether oxygens (including phenoxy) is 2. The molecular formula is C22H30N4O2. The van der Waals surface area contributed by atoms with E-state index in [1.807, 2.05) is 0 Å². The van der Waals surface area contributed by atoms with Gasteiger partial charge in [-0.25, -0.2) is 9.97 Å². The van der Waals surface area contributed by atoms with E-state index in [0.717, 1.165) is 76.2 Å². The van der Waals surface area contributed by atoms with Gasteiger partial charge in [0.05, 0.1) is 35.3 Å². The molecule has 2 saturated heterocycles. The zero-order chi connectivity index (χ0) is 19.1. The molecular weight excluding hydrogens is 352 g/mol. The van der Waals surface area contributed by atoms with E-state index in [1.165, 1.54) is 22.7 Å². The van der Waals surface area contributed by atoms with E-state index in [9.17, 15) is 0 Å². The number of hydrogen-bond acceptors (Lipinski definition) is 4. The molecule has 0 bridgehead atoms. The Morgan fingerprint density at radius 1 is 0.821 bits per heavy atom. The van der Waals surface area contributed by atoms with Crippen LogP contribution in [0.5, 0.6) is 0 Å². The van der Waals surface area contributed by atoms with Gasteiger partial charge in [0.25, 0.3) is 0 Å². The summed E-state index contributed by atoms with van der Waals surface area (Å²) in [5.74, 6) is 3.20. The third-order valence-electron chi connectivity index (χ3n) is 6.16. The van der Waals surface area contributed by atoms with E-state index >= 15 is 0 Å². The maximum Gasteiger partial charge on any atom is 0.115 e. The fourth-order valence-corrected chi connectivity index (χ4v) is 4.80. The van der Waals surface area contributed by atoms with Gasteiger partial charge in [0.1, 0.15) is 11.6 Å². The number of benzene rings is 1. The molecule has 2 atom stereocenters. The lowest BCUT2D eigenvalue weighted by atomic mass is 10.1. The molecule has 0 N–H and O–H groups in total. The summed E-state index contributed by atoms with van der Waals surface area (Å²) in [5.41, 5.74) is 4.61. The van der Waals surface area contributed by atoms with Crippen LogP contribution in [0.2, 0.25) is 0 Å². The average molecular weight is 383 g/mol. The Labute approximate surface area is 165 Å². The molecule has 1 aromatic carbocycles. The summed E-state index contributed by atoms with van der Waals surface area (Å²) in [6, 6.07) is 4.52. The molecule has 150 valence electrons. The molecule has 2 unspecified atom stereocenters. The smallest absolute Gasteiger partial charge is 0.115 e. The van der Waals surface area contributed by atoms with Crippen molar-refractivity contribution < 1.29 is 9.47 Å². The molecule has 4 heterocycles. The maximum absolute atomic E-state index is 5.65. The highest BCUT2D eigenvalue weighted by atomic mass is 16.5. The van der Waals surface area contributed by atoms with Crippen molar-refractivity contribution in [3.63, 3.8) is 0 Å². The first-order valence-electron chi connectivity index (χ1n) is 10.9. The second-order valence-corrected chi connectivity index (χ2v) is 8.19.